The van der Waals surface area contributed by atoms with E-state index in [0.29, 0.717) is 0 Å². The van der Waals surface area contributed by atoms with E-state index in [2.05, 4.69) is 51.6 Å². The Morgan fingerprint density at radius 1 is 0.852 bits per heavy atom. The zero-order chi connectivity index (χ0) is 18.6. The summed E-state index contributed by atoms with van der Waals surface area (Å²) in [5, 5.41) is 10.5. The second-order valence-corrected chi connectivity index (χ2v) is 7.57. The van der Waals surface area contributed by atoms with Gasteiger partial charge in [-0.15, -0.1) is 10.2 Å². The van der Waals surface area contributed by atoms with E-state index in [1.54, 1.807) is 24.2 Å². The average molecular weight is 393 g/mol. The standard InChI is InChI=1S/C21H17ClN4S/c1-26-20(17-11-13-23-14-12-17)24-25-21(26)27-19(15-5-3-2-4-6-15)16-7-9-18(22)10-8-16/h2-14,19H,1H3/t19-/m1/s1. The number of nitrogens with zero attached hydrogens (tertiary/aromatic N) is 4. The zero-order valence-corrected chi connectivity index (χ0v) is 16.2. The fourth-order valence-corrected chi connectivity index (χ4v) is 4.13. The van der Waals surface area contributed by atoms with Crippen molar-refractivity contribution in [2.45, 2.75) is 10.4 Å². The van der Waals surface area contributed by atoms with Crippen LogP contribution < -0.4 is 0 Å². The quantitative estimate of drug-likeness (QED) is 0.426. The lowest BCUT2D eigenvalue weighted by Crippen LogP contribution is -2.00. The SMILES string of the molecule is Cn1c(S[C@H](c2ccccc2)c2ccc(Cl)cc2)nnc1-c1ccncc1. The minimum atomic E-state index is 0.0941. The van der Waals surface area contributed by atoms with Crippen molar-refractivity contribution in [1.82, 2.24) is 19.7 Å². The number of aromatic nitrogens is 4. The molecule has 0 amide bonds. The van der Waals surface area contributed by atoms with Crippen molar-refractivity contribution in [3.8, 4) is 11.4 Å². The zero-order valence-electron chi connectivity index (χ0n) is 14.7. The van der Waals surface area contributed by atoms with E-state index in [0.717, 1.165) is 21.6 Å². The molecule has 0 radical (unpaired) electrons. The predicted octanol–water partition coefficient (Wildman–Crippen LogP) is 5.41. The Kier molecular flexibility index (Phi) is 5.23. The van der Waals surface area contributed by atoms with Crippen LogP contribution in [0.2, 0.25) is 5.02 Å². The molecule has 4 aromatic rings. The van der Waals surface area contributed by atoms with Crippen molar-refractivity contribution in [2.75, 3.05) is 0 Å². The third-order valence-corrected chi connectivity index (χ3v) is 5.87. The van der Waals surface area contributed by atoms with Crippen LogP contribution in [0, 0.1) is 0 Å². The molecule has 27 heavy (non-hydrogen) atoms. The highest BCUT2D eigenvalue weighted by Gasteiger charge is 2.20. The number of rotatable bonds is 5. The molecular weight excluding hydrogens is 376 g/mol. The fraction of sp³-hybridized carbons (Fsp3) is 0.0952. The molecule has 0 saturated heterocycles. The van der Waals surface area contributed by atoms with Crippen LogP contribution in [0.1, 0.15) is 16.4 Å². The van der Waals surface area contributed by atoms with Crippen molar-refractivity contribution in [3.63, 3.8) is 0 Å². The van der Waals surface area contributed by atoms with E-state index in [4.69, 9.17) is 11.6 Å². The molecule has 0 aliphatic rings. The summed E-state index contributed by atoms with van der Waals surface area (Å²) in [6, 6.07) is 22.2. The van der Waals surface area contributed by atoms with Gasteiger partial charge in [-0.2, -0.15) is 0 Å². The fourth-order valence-electron chi connectivity index (χ4n) is 2.87. The van der Waals surface area contributed by atoms with E-state index in [1.807, 2.05) is 41.9 Å². The van der Waals surface area contributed by atoms with E-state index in [-0.39, 0.29) is 5.25 Å². The van der Waals surface area contributed by atoms with E-state index >= 15 is 0 Å². The van der Waals surface area contributed by atoms with Crippen LogP contribution in [-0.4, -0.2) is 19.7 Å². The molecule has 2 aromatic carbocycles. The van der Waals surface area contributed by atoms with Gasteiger partial charge in [-0.25, -0.2) is 0 Å². The molecule has 0 bridgehead atoms. The highest BCUT2D eigenvalue weighted by atomic mass is 35.5. The molecule has 0 N–H and O–H groups in total. The molecule has 0 aliphatic heterocycles. The van der Waals surface area contributed by atoms with Crippen LogP contribution in [-0.2, 0) is 7.05 Å². The van der Waals surface area contributed by atoms with E-state index < -0.39 is 0 Å². The number of hydrogen-bond acceptors (Lipinski definition) is 4. The highest BCUT2D eigenvalue weighted by Crippen LogP contribution is 2.40. The van der Waals surface area contributed by atoms with Gasteiger partial charge in [0.15, 0.2) is 11.0 Å². The van der Waals surface area contributed by atoms with Gasteiger partial charge in [0, 0.05) is 30.0 Å². The lowest BCUT2D eigenvalue weighted by atomic mass is 10.0. The number of hydrogen-bond donors (Lipinski definition) is 0. The Morgan fingerprint density at radius 2 is 1.52 bits per heavy atom. The first-order chi connectivity index (χ1) is 13.2. The molecule has 0 spiro atoms. The van der Waals surface area contributed by atoms with E-state index in [1.165, 1.54) is 11.1 Å². The summed E-state index contributed by atoms with van der Waals surface area (Å²) in [6.07, 6.45) is 3.52. The van der Waals surface area contributed by atoms with Crippen LogP contribution in [0.5, 0.6) is 0 Å². The summed E-state index contributed by atoms with van der Waals surface area (Å²) in [4.78, 5) is 4.07. The molecule has 6 heteroatoms. The van der Waals surface area contributed by atoms with Gasteiger partial charge < -0.3 is 4.57 Å². The summed E-state index contributed by atoms with van der Waals surface area (Å²) in [6.45, 7) is 0. The largest absolute Gasteiger partial charge is 0.305 e. The van der Waals surface area contributed by atoms with Gasteiger partial charge in [0.2, 0.25) is 0 Å². The topological polar surface area (TPSA) is 43.6 Å². The Hall–Kier alpha value is -2.63. The second kappa shape index (κ2) is 7.94. The first-order valence-corrected chi connectivity index (χ1v) is 9.75. The molecule has 1 atom stereocenters. The normalized spacial score (nSPS) is 12.1. The smallest absolute Gasteiger partial charge is 0.192 e. The highest BCUT2D eigenvalue weighted by molar-refractivity contribution is 7.99. The van der Waals surface area contributed by atoms with Crippen LogP contribution in [0.25, 0.3) is 11.4 Å². The Morgan fingerprint density at radius 3 is 2.22 bits per heavy atom. The van der Waals surface area contributed by atoms with Crippen molar-refractivity contribution < 1.29 is 0 Å². The maximum atomic E-state index is 6.08. The van der Waals surface area contributed by atoms with Crippen LogP contribution in [0.15, 0.2) is 84.3 Å². The van der Waals surface area contributed by atoms with Crippen molar-refractivity contribution >= 4 is 23.4 Å². The van der Waals surface area contributed by atoms with Gasteiger partial charge >= 0.3 is 0 Å². The monoisotopic (exact) mass is 392 g/mol. The first-order valence-electron chi connectivity index (χ1n) is 8.49. The number of pyridine rings is 1. The van der Waals surface area contributed by atoms with Gasteiger partial charge in [0.25, 0.3) is 0 Å². The third kappa shape index (κ3) is 3.89. The lowest BCUT2D eigenvalue weighted by Gasteiger charge is -2.17. The van der Waals surface area contributed by atoms with E-state index in [9.17, 15) is 0 Å². The molecule has 0 fully saturated rings. The molecular formula is C21H17ClN4S. The van der Waals surface area contributed by atoms with Gasteiger partial charge in [-0.1, -0.05) is 65.8 Å². The van der Waals surface area contributed by atoms with Crippen LogP contribution in [0.4, 0.5) is 0 Å². The molecule has 134 valence electrons. The van der Waals surface area contributed by atoms with Gasteiger partial charge in [0.05, 0.1) is 5.25 Å². The Balaban J connectivity index is 1.70. The molecule has 2 heterocycles. The lowest BCUT2D eigenvalue weighted by molar-refractivity contribution is 0.791. The van der Waals surface area contributed by atoms with Crippen molar-refractivity contribution in [3.05, 3.63) is 95.3 Å². The van der Waals surface area contributed by atoms with Gasteiger partial charge in [0.1, 0.15) is 0 Å². The number of thioether (sulfide) groups is 1. The molecule has 2 aromatic heterocycles. The molecule has 0 unspecified atom stereocenters. The summed E-state index contributed by atoms with van der Waals surface area (Å²) in [5.41, 5.74) is 3.37. The predicted molar refractivity (Wildman–Crippen MR) is 110 cm³/mol. The summed E-state index contributed by atoms with van der Waals surface area (Å²) >= 11 is 7.75. The summed E-state index contributed by atoms with van der Waals surface area (Å²) in [7, 11) is 1.99. The second-order valence-electron chi connectivity index (χ2n) is 6.06. The molecule has 4 nitrogen and oxygen atoms in total. The maximum absolute atomic E-state index is 6.08. The molecule has 4 rings (SSSR count). The minimum Gasteiger partial charge on any atom is -0.305 e. The minimum absolute atomic E-state index is 0.0941. The average Bonchev–Trinajstić information content (AvgIpc) is 3.08. The molecule has 0 aliphatic carbocycles. The Labute approximate surface area is 167 Å². The van der Waals surface area contributed by atoms with Gasteiger partial charge in [-0.3, -0.25) is 4.98 Å². The van der Waals surface area contributed by atoms with Crippen LogP contribution in [0.3, 0.4) is 0 Å². The van der Waals surface area contributed by atoms with Crippen molar-refractivity contribution in [2.24, 2.45) is 7.05 Å². The summed E-state index contributed by atoms with van der Waals surface area (Å²) < 4.78 is 2.02. The van der Waals surface area contributed by atoms with Crippen molar-refractivity contribution in [1.29, 1.82) is 0 Å². The van der Waals surface area contributed by atoms with Crippen LogP contribution >= 0.6 is 23.4 Å². The maximum Gasteiger partial charge on any atom is 0.192 e. The third-order valence-electron chi connectivity index (χ3n) is 4.27. The van der Waals surface area contributed by atoms with Gasteiger partial charge in [-0.05, 0) is 35.4 Å². The Bertz CT molecular complexity index is 1020. The number of benzene rings is 2. The first kappa shape index (κ1) is 17.8. The summed E-state index contributed by atoms with van der Waals surface area (Å²) in [5.74, 6) is 0.822. The molecule has 0 saturated carbocycles. The number of halogens is 1.